The lowest BCUT2D eigenvalue weighted by molar-refractivity contribution is -0.384. The summed E-state index contributed by atoms with van der Waals surface area (Å²) in [7, 11) is 0. The lowest BCUT2D eigenvalue weighted by Crippen LogP contribution is -2.48. The van der Waals surface area contributed by atoms with E-state index in [2.05, 4.69) is 10.3 Å². The van der Waals surface area contributed by atoms with E-state index in [0.29, 0.717) is 24.5 Å². The molecule has 0 radical (unpaired) electrons. The monoisotopic (exact) mass is 345 g/mol. The smallest absolute Gasteiger partial charge is 0.276 e. The van der Waals surface area contributed by atoms with Crippen LogP contribution < -0.4 is 0 Å². The van der Waals surface area contributed by atoms with Crippen molar-refractivity contribution in [2.24, 2.45) is 0 Å². The Kier molecular flexibility index (Phi) is 4.49. The van der Waals surface area contributed by atoms with E-state index in [0.717, 1.165) is 0 Å². The maximum atomic E-state index is 12.8. The number of non-ortho nitro benzene ring substituents is 1. The van der Waals surface area contributed by atoms with Gasteiger partial charge in [0.05, 0.1) is 28.5 Å². The number of rotatable bonds is 3. The number of carbonyl (C=O) groups excluding carboxylic acids is 1. The van der Waals surface area contributed by atoms with Crippen molar-refractivity contribution in [2.75, 3.05) is 13.1 Å². The molecule has 2 atom stereocenters. The molecule has 0 aliphatic carbocycles. The van der Waals surface area contributed by atoms with Gasteiger partial charge in [-0.25, -0.2) is 4.68 Å². The zero-order valence-corrected chi connectivity index (χ0v) is 14.2. The van der Waals surface area contributed by atoms with Crippen molar-refractivity contribution >= 4 is 11.6 Å². The molecule has 2 heterocycles. The first-order valence-electron chi connectivity index (χ1n) is 7.98. The Labute approximate surface area is 144 Å². The van der Waals surface area contributed by atoms with E-state index in [1.165, 1.54) is 16.8 Å². The van der Waals surface area contributed by atoms with Gasteiger partial charge in [-0.1, -0.05) is 11.3 Å². The number of aromatic nitrogens is 3. The van der Waals surface area contributed by atoms with Gasteiger partial charge in [-0.3, -0.25) is 14.9 Å². The lowest BCUT2D eigenvalue weighted by atomic mass is 10.2. The number of carbonyl (C=O) groups is 1. The summed E-state index contributed by atoms with van der Waals surface area (Å²) in [5.41, 5.74) is 1.23. The van der Waals surface area contributed by atoms with Crippen LogP contribution in [0.2, 0.25) is 0 Å². The third-order valence-corrected chi connectivity index (χ3v) is 4.09. The van der Waals surface area contributed by atoms with E-state index < -0.39 is 4.92 Å². The predicted molar refractivity (Wildman–Crippen MR) is 88.7 cm³/mol. The summed E-state index contributed by atoms with van der Waals surface area (Å²) in [4.78, 5) is 24.9. The molecular formula is C16H19N5O4. The molecule has 0 saturated carbocycles. The molecule has 1 saturated heterocycles. The Hall–Kier alpha value is -2.81. The second kappa shape index (κ2) is 6.60. The maximum absolute atomic E-state index is 12.8. The van der Waals surface area contributed by atoms with Crippen molar-refractivity contribution in [2.45, 2.75) is 33.0 Å². The van der Waals surface area contributed by atoms with Gasteiger partial charge in [0, 0.05) is 25.2 Å². The quantitative estimate of drug-likeness (QED) is 0.620. The zero-order valence-electron chi connectivity index (χ0n) is 14.2. The average Bonchev–Trinajstić information content (AvgIpc) is 2.95. The molecule has 1 aromatic heterocycles. The minimum absolute atomic E-state index is 0.0418. The number of morpholine rings is 1. The second-order valence-corrected chi connectivity index (χ2v) is 6.18. The molecular weight excluding hydrogens is 326 g/mol. The number of amides is 1. The first-order valence-corrected chi connectivity index (χ1v) is 7.98. The molecule has 1 fully saturated rings. The molecule has 9 nitrogen and oxygen atoms in total. The normalized spacial score (nSPS) is 20.5. The fourth-order valence-electron chi connectivity index (χ4n) is 3.00. The Morgan fingerprint density at radius 1 is 1.32 bits per heavy atom. The number of ether oxygens (including phenoxy) is 1. The minimum Gasteiger partial charge on any atom is -0.372 e. The topological polar surface area (TPSA) is 103 Å². The second-order valence-electron chi connectivity index (χ2n) is 6.18. The Morgan fingerprint density at radius 3 is 2.64 bits per heavy atom. The molecule has 0 bridgehead atoms. The molecule has 3 rings (SSSR count). The molecule has 1 aromatic carbocycles. The van der Waals surface area contributed by atoms with Crippen molar-refractivity contribution in [3.63, 3.8) is 0 Å². The van der Waals surface area contributed by atoms with Crippen LogP contribution in [0.4, 0.5) is 5.69 Å². The van der Waals surface area contributed by atoms with Crippen LogP contribution in [0.25, 0.3) is 5.69 Å². The molecule has 2 unspecified atom stereocenters. The van der Waals surface area contributed by atoms with Gasteiger partial charge in [0.15, 0.2) is 5.69 Å². The predicted octanol–water partition coefficient (Wildman–Crippen LogP) is 1.73. The SMILES string of the molecule is Cc1c(C(=O)N2CC(C)OC(C)C2)nnn1-c1cccc([N+](=O)[O-])c1. The summed E-state index contributed by atoms with van der Waals surface area (Å²) in [6.45, 7) is 6.55. The molecule has 0 spiro atoms. The standard InChI is InChI=1S/C16H19N5O4/c1-10-8-19(9-11(2)25-10)16(22)15-12(3)20(18-17-15)13-5-4-6-14(7-13)21(23)24/h4-7,10-11H,8-9H2,1-3H3. The van der Waals surface area contributed by atoms with Crippen molar-refractivity contribution in [3.8, 4) is 5.69 Å². The summed E-state index contributed by atoms with van der Waals surface area (Å²) in [5.74, 6) is -0.212. The highest BCUT2D eigenvalue weighted by Gasteiger charge is 2.29. The van der Waals surface area contributed by atoms with Gasteiger partial charge in [0.1, 0.15) is 0 Å². The first kappa shape index (κ1) is 17.0. The fraction of sp³-hybridized carbons (Fsp3) is 0.438. The molecule has 9 heteroatoms. The highest BCUT2D eigenvalue weighted by Crippen LogP contribution is 2.20. The van der Waals surface area contributed by atoms with Crippen molar-refractivity contribution in [3.05, 3.63) is 45.8 Å². The molecule has 1 aliphatic rings. The molecule has 25 heavy (non-hydrogen) atoms. The van der Waals surface area contributed by atoms with Crippen molar-refractivity contribution < 1.29 is 14.5 Å². The Balaban J connectivity index is 1.89. The average molecular weight is 345 g/mol. The van der Waals surface area contributed by atoms with Crippen LogP contribution in [0, 0.1) is 17.0 Å². The van der Waals surface area contributed by atoms with Gasteiger partial charge >= 0.3 is 0 Å². The van der Waals surface area contributed by atoms with Gasteiger partial charge < -0.3 is 9.64 Å². The third kappa shape index (κ3) is 3.36. The van der Waals surface area contributed by atoms with Crippen LogP contribution in [-0.4, -0.2) is 56.0 Å². The van der Waals surface area contributed by atoms with E-state index in [4.69, 9.17) is 4.74 Å². The summed E-state index contributed by atoms with van der Waals surface area (Å²) in [5, 5.41) is 18.9. The van der Waals surface area contributed by atoms with E-state index in [1.807, 2.05) is 13.8 Å². The Morgan fingerprint density at radius 2 is 2.00 bits per heavy atom. The van der Waals surface area contributed by atoms with E-state index in [-0.39, 0.29) is 29.5 Å². The summed E-state index contributed by atoms with van der Waals surface area (Å²) in [6.07, 6.45) is -0.0837. The van der Waals surface area contributed by atoms with Crippen LogP contribution in [0.3, 0.4) is 0 Å². The van der Waals surface area contributed by atoms with Crippen LogP contribution in [0.1, 0.15) is 30.0 Å². The van der Waals surface area contributed by atoms with E-state index >= 15 is 0 Å². The van der Waals surface area contributed by atoms with E-state index in [9.17, 15) is 14.9 Å². The number of benzene rings is 1. The van der Waals surface area contributed by atoms with Crippen molar-refractivity contribution in [1.29, 1.82) is 0 Å². The molecule has 1 amide bonds. The van der Waals surface area contributed by atoms with Gasteiger partial charge in [0.25, 0.3) is 11.6 Å². The number of hydrogen-bond donors (Lipinski definition) is 0. The number of nitro groups is 1. The number of nitro benzene ring substituents is 1. The minimum atomic E-state index is -0.474. The molecule has 132 valence electrons. The van der Waals surface area contributed by atoms with Crippen LogP contribution in [-0.2, 0) is 4.74 Å². The highest BCUT2D eigenvalue weighted by atomic mass is 16.6. The molecule has 0 N–H and O–H groups in total. The van der Waals surface area contributed by atoms with Gasteiger partial charge in [-0.05, 0) is 26.8 Å². The fourth-order valence-corrected chi connectivity index (χ4v) is 3.00. The highest BCUT2D eigenvalue weighted by molar-refractivity contribution is 5.93. The largest absolute Gasteiger partial charge is 0.372 e. The van der Waals surface area contributed by atoms with Crippen LogP contribution in [0.5, 0.6) is 0 Å². The van der Waals surface area contributed by atoms with Crippen LogP contribution >= 0.6 is 0 Å². The first-order chi connectivity index (χ1) is 11.9. The summed E-state index contributed by atoms with van der Waals surface area (Å²) < 4.78 is 7.08. The number of hydrogen-bond acceptors (Lipinski definition) is 6. The Bertz CT molecular complexity index is 809. The van der Waals surface area contributed by atoms with Crippen LogP contribution in [0.15, 0.2) is 24.3 Å². The zero-order chi connectivity index (χ0) is 18.1. The summed E-state index contributed by atoms with van der Waals surface area (Å²) >= 11 is 0. The maximum Gasteiger partial charge on any atom is 0.276 e. The van der Waals surface area contributed by atoms with Crippen molar-refractivity contribution in [1.82, 2.24) is 19.9 Å². The number of nitrogens with zero attached hydrogens (tertiary/aromatic N) is 5. The van der Waals surface area contributed by atoms with Gasteiger partial charge in [0.2, 0.25) is 0 Å². The lowest BCUT2D eigenvalue weighted by Gasteiger charge is -2.34. The summed E-state index contributed by atoms with van der Waals surface area (Å²) in [6, 6.07) is 6.05. The van der Waals surface area contributed by atoms with E-state index in [1.54, 1.807) is 24.0 Å². The third-order valence-electron chi connectivity index (χ3n) is 4.09. The molecule has 1 aliphatic heterocycles. The van der Waals surface area contributed by atoms with Gasteiger partial charge in [-0.2, -0.15) is 0 Å². The van der Waals surface area contributed by atoms with Gasteiger partial charge in [-0.15, -0.1) is 5.10 Å². The molecule has 2 aromatic rings.